The van der Waals surface area contributed by atoms with E-state index in [0.29, 0.717) is 0 Å². The van der Waals surface area contributed by atoms with Crippen molar-refractivity contribution in [1.82, 2.24) is 4.90 Å². The predicted octanol–water partition coefficient (Wildman–Crippen LogP) is 4.71. The molecule has 108 valence electrons. The van der Waals surface area contributed by atoms with Gasteiger partial charge in [0.25, 0.3) is 5.91 Å². The van der Waals surface area contributed by atoms with Crippen molar-refractivity contribution in [1.29, 1.82) is 0 Å². The molecule has 0 spiro atoms. The van der Waals surface area contributed by atoms with Crippen LogP contribution in [0.1, 0.15) is 42.5 Å². The number of halogens is 2. The van der Waals surface area contributed by atoms with Gasteiger partial charge in [-0.2, -0.15) is 0 Å². The molecule has 2 nitrogen and oxygen atoms in total. The molecule has 1 heterocycles. The molecule has 0 bridgehead atoms. The number of likely N-dealkylation sites (tertiary alicyclic amines) is 1. The van der Waals surface area contributed by atoms with E-state index < -0.39 is 0 Å². The fourth-order valence-corrected chi connectivity index (χ4v) is 4.54. The van der Waals surface area contributed by atoms with Gasteiger partial charge in [-0.05, 0) is 65.5 Å². The van der Waals surface area contributed by atoms with Crippen LogP contribution in [0.3, 0.4) is 0 Å². The Bertz CT molecular complexity index is 519. The Hall–Kier alpha value is -0.100. The lowest BCUT2D eigenvalue weighted by Gasteiger charge is -2.41. The second-order valence-corrected chi connectivity index (χ2v) is 8.05. The van der Waals surface area contributed by atoms with Gasteiger partial charge in [-0.1, -0.05) is 35.2 Å². The number of nitrogens with zero attached hydrogens (tertiary/aromatic N) is 1. The summed E-state index contributed by atoms with van der Waals surface area (Å²) in [6.45, 7) is 1.90. The molecule has 2 atom stereocenters. The molecule has 0 aromatic heterocycles. The number of carbonyl (C=O) groups excluding carboxylic acids is 1. The van der Waals surface area contributed by atoms with Gasteiger partial charge in [-0.3, -0.25) is 4.79 Å². The zero-order valence-electron chi connectivity index (χ0n) is 11.4. The van der Waals surface area contributed by atoms with Crippen LogP contribution in [0.2, 0.25) is 0 Å². The van der Waals surface area contributed by atoms with Gasteiger partial charge in [-0.25, -0.2) is 0 Å². The molecule has 1 aliphatic heterocycles. The molecule has 2 fully saturated rings. The maximum atomic E-state index is 12.7. The minimum atomic E-state index is 0.208. The fourth-order valence-electron chi connectivity index (χ4n) is 3.62. The van der Waals surface area contributed by atoms with Crippen LogP contribution in [-0.2, 0) is 0 Å². The van der Waals surface area contributed by atoms with Crippen molar-refractivity contribution < 1.29 is 4.79 Å². The smallest absolute Gasteiger partial charge is 0.254 e. The zero-order valence-corrected chi connectivity index (χ0v) is 15.2. The highest BCUT2D eigenvalue weighted by molar-refractivity contribution is 14.1. The molecule has 1 aliphatic carbocycles. The van der Waals surface area contributed by atoms with Crippen molar-refractivity contribution in [2.24, 2.45) is 11.8 Å². The van der Waals surface area contributed by atoms with Gasteiger partial charge in [-0.15, -0.1) is 0 Å². The quantitative estimate of drug-likeness (QED) is 0.571. The Balaban J connectivity index is 1.76. The lowest BCUT2D eigenvalue weighted by molar-refractivity contribution is 0.0520. The summed E-state index contributed by atoms with van der Waals surface area (Å²) in [5.41, 5.74) is 0.842. The predicted molar refractivity (Wildman–Crippen MR) is 92.8 cm³/mol. The molecule has 0 N–H and O–H groups in total. The fraction of sp³-hybridized carbons (Fsp3) is 0.562. The van der Waals surface area contributed by atoms with E-state index in [1.807, 2.05) is 18.2 Å². The standard InChI is InChI=1S/C16H19BrINO/c17-13-5-6-15(18)14(9-13)16(20)19-8-7-11-3-1-2-4-12(11)10-19/h5-6,9,11-12H,1-4,7-8,10H2. The van der Waals surface area contributed by atoms with E-state index in [0.717, 1.165) is 38.5 Å². The molecule has 1 saturated carbocycles. The average Bonchev–Trinajstić information content (AvgIpc) is 2.48. The summed E-state index contributed by atoms with van der Waals surface area (Å²) in [6, 6.07) is 5.95. The molecule has 4 heteroatoms. The van der Waals surface area contributed by atoms with Crippen molar-refractivity contribution in [3.8, 4) is 0 Å². The van der Waals surface area contributed by atoms with E-state index in [1.54, 1.807) is 0 Å². The third kappa shape index (κ3) is 3.06. The van der Waals surface area contributed by atoms with Gasteiger partial charge in [0.15, 0.2) is 0 Å². The summed E-state index contributed by atoms with van der Waals surface area (Å²) in [5, 5.41) is 0. The summed E-state index contributed by atoms with van der Waals surface area (Å²) in [5.74, 6) is 1.82. The molecule has 0 radical (unpaired) electrons. The number of benzene rings is 1. The van der Waals surface area contributed by atoms with Gasteiger partial charge in [0, 0.05) is 21.1 Å². The normalized spacial score (nSPS) is 26.2. The number of amides is 1. The first kappa shape index (κ1) is 14.8. The molecular formula is C16H19BrINO. The molecule has 2 aliphatic rings. The van der Waals surface area contributed by atoms with Crippen molar-refractivity contribution >= 4 is 44.4 Å². The number of hydrogen-bond donors (Lipinski definition) is 0. The van der Waals surface area contributed by atoms with Gasteiger partial charge >= 0.3 is 0 Å². The molecule has 1 aromatic rings. The molecule has 1 saturated heterocycles. The highest BCUT2D eigenvalue weighted by Crippen LogP contribution is 2.36. The molecule has 20 heavy (non-hydrogen) atoms. The Morgan fingerprint density at radius 1 is 1.20 bits per heavy atom. The Morgan fingerprint density at radius 2 is 1.95 bits per heavy atom. The van der Waals surface area contributed by atoms with Crippen LogP contribution in [0.5, 0.6) is 0 Å². The van der Waals surface area contributed by atoms with Gasteiger partial charge in [0.1, 0.15) is 0 Å². The topological polar surface area (TPSA) is 20.3 Å². The second-order valence-electron chi connectivity index (χ2n) is 5.97. The van der Waals surface area contributed by atoms with Crippen molar-refractivity contribution in [2.75, 3.05) is 13.1 Å². The third-order valence-electron chi connectivity index (χ3n) is 4.74. The Kier molecular flexibility index (Phi) is 4.70. The summed E-state index contributed by atoms with van der Waals surface area (Å²) < 4.78 is 2.02. The zero-order chi connectivity index (χ0) is 14.1. The van der Waals surface area contributed by atoms with Crippen LogP contribution in [0.25, 0.3) is 0 Å². The number of rotatable bonds is 1. The molecule has 1 aromatic carbocycles. The van der Waals surface area contributed by atoms with E-state index in [-0.39, 0.29) is 5.91 Å². The van der Waals surface area contributed by atoms with Crippen molar-refractivity contribution in [3.63, 3.8) is 0 Å². The summed E-state index contributed by atoms with van der Waals surface area (Å²) in [6.07, 6.45) is 6.61. The monoisotopic (exact) mass is 447 g/mol. The first-order chi connectivity index (χ1) is 9.65. The van der Waals surface area contributed by atoms with E-state index in [1.165, 1.54) is 32.1 Å². The van der Waals surface area contributed by atoms with Crippen LogP contribution in [0.4, 0.5) is 0 Å². The Labute approximate surface area is 142 Å². The molecular weight excluding hydrogens is 429 g/mol. The number of carbonyl (C=O) groups is 1. The summed E-state index contributed by atoms with van der Waals surface area (Å²) >= 11 is 5.73. The minimum absolute atomic E-state index is 0.208. The highest BCUT2D eigenvalue weighted by atomic mass is 127. The average molecular weight is 448 g/mol. The van der Waals surface area contributed by atoms with E-state index >= 15 is 0 Å². The molecule has 3 rings (SSSR count). The van der Waals surface area contributed by atoms with E-state index in [2.05, 4.69) is 43.4 Å². The SMILES string of the molecule is O=C(c1cc(Br)ccc1I)N1CCC2CCCCC2C1. The highest BCUT2D eigenvalue weighted by Gasteiger charge is 2.33. The lowest BCUT2D eigenvalue weighted by atomic mass is 9.75. The largest absolute Gasteiger partial charge is 0.338 e. The number of fused-ring (bicyclic) bond motifs is 1. The maximum Gasteiger partial charge on any atom is 0.254 e. The first-order valence-corrected chi connectivity index (χ1v) is 9.26. The van der Waals surface area contributed by atoms with Crippen LogP contribution < -0.4 is 0 Å². The van der Waals surface area contributed by atoms with Gasteiger partial charge in [0.05, 0.1) is 5.56 Å². The van der Waals surface area contributed by atoms with Crippen molar-refractivity contribution in [3.05, 3.63) is 31.8 Å². The van der Waals surface area contributed by atoms with Gasteiger partial charge < -0.3 is 4.90 Å². The molecule has 1 amide bonds. The summed E-state index contributed by atoms with van der Waals surface area (Å²) in [4.78, 5) is 14.8. The van der Waals surface area contributed by atoms with E-state index in [4.69, 9.17) is 0 Å². The Morgan fingerprint density at radius 3 is 2.75 bits per heavy atom. The van der Waals surface area contributed by atoms with Gasteiger partial charge in [0.2, 0.25) is 0 Å². The number of hydrogen-bond acceptors (Lipinski definition) is 1. The number of piperidine rings is 1. The molecule has 2 unspecified atom stereocenters. The maximum absolute atomic E-state index is 12.7. The second kappa shape index (κ2) is 6.34. The van der Waals surface area contributed by atoms with Crippen LogP contribution in [-0.4, -0.2) is 23.9 Å². The van der Waals surface area contributed by atoms with Crippen LogP contribution in [0.15, 0.2) is 22.7 Å². The van der Waals surface area contributed by atoms with Crippen molar-refractivity contribution in [2.45, 2.75) is 32.1 Å². The van der Waals surface area contributed by atoms with E-state index in [9.17, 15) is 4.79 Å². The lowest BCUT2D eigenvalue weighted by Crippen LogP contribution is -2.45. The van der Waals surface area contributed by atoms with Crippen LogP contribution in [0, 0.1) is 15.4 Å². The first-order valence-electron chi connectivity index (χ1n) is 7.39. The summed E-state index contributed by atoms with van der Waals surface area (Å²) in [7, 11) is 0. The minimum Gasteiger partial charge on any atom is -0.338 e. The van der Waals surface area contributed by atoms with Crippen LogP contribution >= 0.6 is 38.5 Å². The third-order valence-corrected chi connectivity index (χ3v) is 6.17.